The lowest BCUT2D eigenvalue weighted by atomic mass is 9.77. The molecule has 2 atom stereocenters. The molecule has 1 aliphatic carbocycles. The van der Waals surface area contributed by atoms with Crippen molar-refractivity contribution in [2.45, 2.75) is 32.1 Å². The second-order valence-electron chi connectivity index (χ2n) is 8.64. The first-order chi connectivity index (χ1) is 16.1. The molecule has 4 rings (SSSR count). The highest BCUT2D eigenvalue weighted by Gasteiger charge is 2.39. The number of methoxy groups -OCH3 is 1. The van der Waals surface area contributed by atoms with Crippen LogP contribution in [0.5, 0.6) is 5.75 Å². The quantitative estimate of drug-likeness (QED) is 0.637. The van der Waals surface area contributed by atoms with E-state index in [0.29, 0.717) is 30.9 Å². The molecule has 2 aliphatic rings. The lowest BCUT2D eigenvalue weighted by Gasteiger charge is -2.32. The minimum absolute atomic E-state index is 0.0626. The van der Waals surface area contributed by atoms with Crippen molar-refractivity contribution in [3.63, 3.8) is 0 Å². The largest absolute Gasteiger partial charge is 0.497 e. The van der Waals surface area contributed by atoms with Crippen LogP contribution in [0.15, 0.2) is 48.5 Å². The van der Waals surface area contributed by atoms with E-state index in [9.17, 15) is 14.4 Å². The first-order valence-electron chi connectivity index (χ1n) is 11.7. The van der Waals surface area contributed by atoms with Crippen LogP contribution in [-0.2, 0) is 16.0 Å². The number of hydrogen-bond acceptors (Lipinski definition) is 4. The van der Waals surface area contributed by atoms with Gasteiger partial charge in [0.2, 0.25) is 11.8 Å². The average Bonchev–Trinajstić information content (AvgIpc) is 3.30. The number of hydrogen-bond donors (Lipinski definition) is 2. The molecule has 0 bridgehead atoms. The monoisotopic (exact) mass is 449 g/mol. The van der Waals surface area contributed by atoms with Crippen LogP contribution in [0.4, 0.5) is 5.69 Å². The molecule has 7 nitrogen and oxygen atoms in total. The van der Waals surface area contributed by atoms with E-state index in [1.54, 1.807) is 31.4 Å². The lowest BCUT2D eigenvalue weighted by Crippen LogP contribution is -2.46. The zero-order valence-electron chi connectivity index (χ0n) is 19.0. The maximum Gasteiger partial charge on any atom is 0.251 e. The third-order valence-corrected chi connectivity index (χ3v) is 6.64. The predicted molar refractivity (Wildman–Crippen MR) is 126 cm³/mol. The summed E-state index contributed by atoms with van der Waals surface area (Å²) < 4.78 is 5.10. The Bertz CT molecular complexity index is 1000. The molecule has 1 aliphatic heterocycles. The van der Waals surface area contributed by atoms with Gasteiger partial charge >= 0.3 is 0 Å². The number of carbonyl (C=O) groups excluding carboxylic acids is 3. The van der Waals surface area contributed by atoms with E-state index >= 15 is 0 Å². The first-order valence-corrected chi connectivity index (χ1v) is 11.7. The molecule has 0 spiro atoms. The van der Waals surface area contributed by atoms with Crippen molar-refractivity contribution < 1.29 is 19.1 Å². The van der Waals surface area contributed by atoms with Gasteiger partial charge in [-0.3, -0.25) is 14.4 Å². The molecule has 33 heavy (non-hydrogen) atoms. The van der Waals surface area contributed by atoms with Crippen LogP contribution in [0, 0.1) is 11.8 Å². The Morgan fingerprint density at radius 2 is 1.64 bits per heavy atom. The fraction of sp³-hybridized carbons (Fsp3) is 0.423. The zero-order chi connectivity index (χ0) is 23.2. The molecule has 7 heteroatoms. The minimum Gasteiger partial charge on any atom is -0.497 e. The Kier molecular flexibility index (Phi) is 7.27. The van der Waals surface area contributed by atoms with Crippen LogP contribution in [-0.4, -0.2) is 44.5 Å². The second kappa shape index (κ2) is 10.5. The molecule has 1 saturated carbocycles. The van der Waals surface area contributed by atoms with Crippen LogP contribution in [0.25, 0.3) is 0 Å². The third-order valence-electron chi connectivity index (χ3n) is 6.64. The Morgan fingerprint density at radius 3 is 2.39 bits per heavy atom. The van der Waals surface area contributed by atoms with E-state index in [1.807, 2.05) is 23.1 Å². The van der Waals surface area contributed by atoms with Gasteiger partial charge < -0.3 is 20.3 Å². The predicted octanol–water partition coefficient (Wildman–Crippen LogP) is 2.94. The van der Waals surface area contributed by atoms with Gasteiger partial charge in [0, 0.05) is 36.8 Å². The Labute approximate surface area is 194 Å². The van der Waals surface area contributed by atoms with Gasteiger partial charge in [-0.25, -0.2) is 0 Å². The lowest BCUT2D eigenvalue weighted by molar-refractivity contribution is -0.135. The Balaban J connectivity index is 1.29. The SMILES string of the molecule is COc1ccc(C(=O)NCCNC(=O)C2CCCCC2C(=O)N2CCc3ccccc32)cc1. The maximum absolute atomic E-state index is 13.4. The summed E-state index contributed by atoms with van der Waals surface area (Å²) in [5.74, 6) is -0.167. The number of fused-ring (bicyclic) bond motifs is 1. The summed E-state index contributed by atoms with van der Waals surface area (Å²) in [5, 5.41) is 5.74. The number of anilines is 1. The molecule has 2 aromatic carbocycles. The van der Waals surface area contributed by atoms with E-state index in [-0.39, 0.29) is 29.6 Å². The van der Waals surface area contributed by atoms with Crippen molar-refractivity contribution in [3.8, 4) is 5.75 Å². The van der Waals surface area contributed by atoms with Crippen molar-refractivity contribution in [2.24, 2.45) is 11.8 Å². The topological polar surface area (TPSA) is 87.7 Å². The Hall–Kier alpha value is -3.35. The standard InChI is InChI=1S/C26H31N3O4/c1-33-20-12-10-19(11-13-20)24(30)27-15-16-28-25(31)21-7-3-4-8-22(21)26(32)29-17-14-18-6-2-5-9-23(18)29/h2,5-6,9-13,21-22H,3-4,7-8,14-17H2,1H3,(H,27,30)(H,28,31). The van der Waals surface area contributed by atoms with Gasteiger partial charge in [-0.05, 0) is 55.2 Å². The van der Waals surface area contributed by atoms with Crippen molar-refractivity contribution in [3.05, 3.63) is 59.7 Å². The van der Waals surface area contributed by atoms with Gasteiger partial charge in [-0.15, -0.1) is 0 Å². The molecule has 174 valence electrons. The van der Waals surface area contributed by atoms with Crippen LogP contribution in [0.1, 0.15) is 41.6 Å². The highest BCUT2D eigenvalue weighted by molar-refractivity contribution is 5.99. The number of carbonyl (C=O) groups is 3. The number of nitrogens with zero attached hydrogens (tertiary/aromatic N) is 1. The van der Waals surface area contributed by atoms with Crippen molar-refractivity contribution >= 4 is 23.4 Å². The summed E-state index contributed by atoms with van der Waals surface area (Å²) in [6.07, 6.45) is 4.24. The van der Waals surface area contributed by atoms with E-state index in [4.69, 9.17) is 4.74 Å². The summed E-state index contributed by atoms with van der Waals surface area (Å²) in [5.41, 5.74) is 2.70. The second-order valence-corrected chi connectivity index (χ2v) is 8.64. The van der Waals surface area contributed by atoms with Gasteiger partial charge in [-0.1, -0.05) is 31.0 Å². The third kappa shape index (κ3) is 5.18. The summed E-state index contributed by atoms with van der Waals surface area (Å²) in [4.78, 5) is 40.5. The average molecular weight is 450 g/mol. The fourth-order valence-corrected chi connectivity index (χ4v) is 4.84. The van der Waals surface area contributed by atoms with Crippen LogP contribution < -0.4 is 20.3 Å². The van der Waals surface area contributed by atoms with E-state index in [0.717, 1.165) is 37.8 Å². The summed E-state index contributed by atoms with van der Waals surface area (Å²) in [6, 6.07) is 14.9. The number of para-hydroxylation sites is 1. The molecule has 0 radical (unpaired) electrons. The summed E-state index contributed by atoms with van der Waals surface area (Å²) in [6.45, 7) is 1.33. The van der Waals surface area contributed by atoms with E-state index in [2.05, 4.69) is 16.7 Å². The Morgan fingerprint density at radius 1 is 0.939 bits per heavy atom. The van der Waals surface area contributed by atoms with Crippen LogP contribution in [0.3, 0.4) is 0 Å². The fourth-order valence-electron chi connectivity index (χ4n) is 4.84. The van der Waals surface area contributed by atoms with Crippen molar-refractivity contribution in [1.29, 1.82) is 0 Å². The van der Waals surface area contributed by atoms with Gasteiger partial charge in [0.15, 0.2) is 0 Å². The van der Waals surface area contributed by atoms with Gasteiger partial charge in [0.25, 0.3) is 5.91 Å². The van der Waals surface area contributed by atoms with E-state index in [1.165, 1.54) is 5.56 Å². The highest BCUT2D eigenvalue weighted by Crippen LogP contribution is 2.35. The van der Waals surface area contributed by atoms with Crippen molar-refractivity contribution in [1.82, 2.24) is 10.6 Å². The molecule has 1 fully saturated rings. The van der Waals surface area contributed by atoms with Crippen LogP contribution in [0.2, 0.25) is 0 Å². The van der Waals surface area contributed by atoms with Crippen LogP contribution >= 0.6 is 0 Å². The number of ether oxygens (including phenoxy) is 1. The number of benzene rings is 2. The molecule has 1 heterocycles. The first kappa shape index (κ1) is 22.8. The van der Waals surface area contributed by atoms with Crippen molar-refractivity contribution in [2.75, 3.05) is 31.6 Å². The van der Waals surface area contributed by atoms with Gasteiger partial charge in [-0.2, -0.15) is 0 Å². The number of nitrogens with one attached hydrogen (secondary N) is 2. The summed E-state index contributed by atoms with van der Waals surface area (Å²) in [7, 11) is 1.58. The smallest absolute Gasteiger partial charge is 0.251 e. The minimum atomic E-state index is -0.323. The molecule has 2 N–H and O–H groups in total. The normalized spacial score (nSPS) is 19.5. The molecule has 0 aromatic heterocycles. The highest BCUT2D eigenvalue weighted by atomic mass is 16.5. The molecule has 0 saturated heterocycles. The molecule has 3 amide bonds. The van der Waals surface area contributed by atoms with Gasteiger partial charge in [0.1, 0.15) is 5.75 Å². The van der Waals surface area contributed by atoms with Gasteiger partial charge in [0.05, 0.1) is 13.0 Å². The molecule has 2 aromatic rings. The zero-order valence-corrected chi connectivity index (χ0v) is 19.0. The van der Waals surface area contributed by atoms with E-state index < -0.39 is 0 Å². The maximum atomic E-state index is 13.4. The number of rotatable bonds is 7. The molecular weight excluding hydrogens is 418 g/mol. The number of amides is 3. The molecular formula is C26H31N3O4. The summed E-state index contributed by atoms with van der Waals surface area (Å²) >= 11 is 0. The molecule has 2 unspecified atom stereocenters.